The summed E-state index contributed by atoms with van der Waals surface area (Å²) in [6, 6.07) is 7.37. The SMILES string of the molecule is CCc1ccc(C(=O)Cn2c3c(ccc2=O)CCC3)s1. The van der Waals surface area contributed by atoms with Crippen molar-refractivity contribution in [1.82, 2.24) is 4.57 Å². The van der Waals surface area contributed by atoms with E-state index in [9.17, 15) is 9.59 Å². The molecule has 0 spiro atoms. The summed E-state index contributed by atoms with van der Waals surface area (Å²) >= 11 is 1.53. The highest BCUT2D eigenvalue weighted by atomic mass is 32.1. The van der Waals surface area contributed by atoms with Crippen molar-refractivity contribution < 1.29 is 4.79 Å². The van der Waals surface area contributed by atoms with E-state index in [0.717, 1.165) is 36.3 Å². The first-order valence-electron chi connectivity index (χ1n) is 7.02. The fraction of sp³-hybridized carbons (Fsp3) is 0.375. The Morgan fingerprint density at radius 1 is 1.25 bits per heavy atom. The van der Waals surface area contributed by atoms with Crippen molar-refractivity contribution in [2.75, 3.05) is 0 Å². The van der Waals surface area contributed by atoms with Crippen LogP contribution in [-0.2, 0) is 25.8 Å². The number of hydrogen-bond donors (Lipinski definition) is 0. The zero-order valence-corrected chi connectivity index (χ0v) is 12.3. The zero-order valence-electron chi connectivity index (χ0n) is 11.5. The number of carbonyl (C=O) groups excluding carboxylic acids is 1. The van der Waals surface area contributed by atoms with Gasteiger partial charge in [-0.3, -0.25) is 9.59 Å². The third kappa shape index (κ3) is 2.36. The van der Waals surface area contributed by atoms with Crippen molar-refractivity contribution in [3.05, 3.63) is 55.6 Å². The maximum atomic E-state index is 12.3. The Balaban J connectivity index is 1.90. The summed E-state index contributed by atoms with van der Waals surface area (Å²) in [5, 5.41) is 0. The molecule has 0 fully saturated rings. The number of rotatable bonds is 4. The fourth-order valence-corrected chi connectivity index (χ4v) is 3.62. The van der Waals surface area contributed by atoms with Gasteiger partial charge in [0.05, 0.1) is 11.4 Å². The van der Waals surface area contributed by atoms with Crippen LogP contribution in [0, 0.1) is 0 Å². The Bertz CT molecular complexity index is 712. The van der Waals surface area contributed by atoms with Crippen LogP contribution in [0.15, 0.2) is 29.1 Å². The molecule has 104 valence electrons. The van der Waals surface area contributed by atoms with Crippen molar-refractivity contribution in [1.29, 1.82) is 0 Å². The van der Waals surface area contributed by atoms with Gasteiger partial charge in [-0.1, -0.05) is 13.0 Å². The zero-order chi connectivity index (χ0) is 14.1. The number of fused-ring (bicyclic) bond motifs is 1. The van der Waals surface area contributed by atoms with Gasteiger partial charge in [0, 0.05) is 16.6 Å². The lowest BCUT2D eigenvalue weighted by molar-refractivity contribution is 0.0974. The molecule has 4 heteroatoms. The summed E-state index contributed by atoms with van der Waals surface area (Å²) < 4.78 is 1.66. The second kappa shape index (κ2) is 5.37. The fourth-order valence-electron chi connectivity index (χ4n) is 2.75. The molecule has 20 heavy (non-hydrogen) atoms. The number of aromatic nitrogens is 1. The normalized spacial score (nSPS) is 13.4. The average Bonchev–Trinajstić information content (AvgIpc) is 3.09. The molecule has 2 heterocycles. The Morgan fingerprint density at radius 2 is 2.10 bits per heavy atom. The third-order valence-corrected chi connectivity index (χ3v) is 5.11. The van der Waals surface area contributed by atoms with E-state index in [1.165, 1.54) is 21.8 Å². The van der Waals surface area contributed by atoms with E-state index >= 15 is 0 Å². The van der Waals surface area contributed by atoms with E-state index in [2.05, 4.69) is 6.92 Å². The molecule has 0 radical (unpaired) electrons. The molecule has 3 nitrogen and oxygen atoms in total. The Morgan fingerprint density at radius 3 is 2.85 bits per heavy atom. The highest BCUT2D eigenvalue weighted by molar-refractivity contribution is 7.14. The summed E-state index contributed by atoms with van der Waals surface area (Å²) in [7, 11) is 0. The van der Waals surface area contributed by atoms with E-state index in [1.54, 1.807) is 10.6 Å². The van der Waals surface area contributed by atoms with Crippen molar-refractivity contribution in [3.63, 3.8) is 0 Å². The third-order valence-electron chi connectivity index (χ3n) is 3.84. The van der Waals surface area contributed by atoms with Gasteiger partial charge >= 0.3 is 0 Å². The average molecular weight is 287 g/mol. The van der Waals surface area contributed by atoms with Gasteiger partial charge in [-0.25, -0.2) is 0 Å². The van der Waals surface area contributed by atoms with Crippen LogP contribution in [0.2, 0.25) is 0 Å². The molecule has 0 bridgehead atoms. The minimum Gasteiger partial charge on any atom is -0.305 e. The van der Waals surface area contributed by atoms with E-state index in [1.807, 2.05) is 18.2 Å². The maximum absolute atomic E-state index is 12.3. The minimum atomic E-state index is -0.0636. The van der Waals surface area contributed by atoms with Gasteiger partial charge in [0.15, 0.2) is 5.78 Å². The van der Waals surface area contributed by atoms with Gasteiger partial charge in [-0.2, -0.15) is 0 Å². The van der Waals surface area contributed by atoms with Crippen LogP contribution in [0.1, 0.15) is 39.2 Å². The molecule has 0 atom stereocenters. The lowest BCUT2D eigenvalue weighted by atomic mass is 10.2. The number of hydrogen-bond acceptors (Lipinski definition) is 3. The van der Waals surface area contributed by atoms with Gasteiger partial charge in [0.1, 0.15) is 0 Å². The first kappa shape index (κ1) is 13.3. The van der Waals surface area contributed by atoms with E-state index in [-0.39, 0.29) is 17.9 Å². The van der Waals surface area contributed by atoms with Gasteiger partial charge < -0.3 is 4.57 Å². The number of pyridine rings is 1. The summed E-state index contributed by atoms with van der Waals surface area (Å²) in [5.74, 6) is 0.0390. The van der Waals surface area contributed by atoms with Gasteiger partial charge in [0.25, 0.3) is 5.56 Å². The maximum Gasteiger partial charge on any atom is 0.251 e. The number of ketones is 1. The molecule has 0 saturated carbocycles. The number of Topliss-reactive ketones (excluding diaryl/α,β-unsaturated/α-hetero) is 1. The van der Waals surface area contributed by atoms with E-state index in [4.69, 9.17) is 0 Å². The number of nitrogens with zero attached hydrogens (tertiary/aromatic N) is 1. The van der Waals surface area contributed by atoms with Gasteiger partial charge in [-0.15, -0.1) is 11.3 Å². The molecule has 0 aromatic carbocycles. The largest absolute Gasteiger partial charge is 0.305 e. The molecular weight excluding hydrogens is 270 g/mol. The first-order chi connectivity index (χ1) is 9.69. The molecule has 1 aliphatic rings. The predicted octanol–water partition coefficient (Wildman–Crippen LogP) is 2.84. The number of carbonyl (C=O) groups is 1. The lowest BCUT2D eigenvalue weighted by Crippen LogP contribution is -2.26. The van der Waals surface area contributed by atoms with E-state index in [0.29, 0.717) is 0 Å². The monoisotopic (exact) mass is 287 g/mol. The van der Waals surface area contributed by atoms with Gasteiger partial charge in [0.2, 0.25) is 0 Å². The quantitative estimate of drug-likeness (QED) is 0.811. The Kier molecular flexibility index (Phi) is 3.57. The Labute approximate surface area is 121 Å². The summed E-state index contributed by atoms with van der Waals surface area (Å²) in [6.45, 7) is 2.25. The van der Waals surface area contributed by atoms with Crippen LogP contribution >= 0.6 is 11.3 Å². The molecule has 3 rings (SSSR count). The van der Waals surface area contributed by atoms with Crippen molar-refractivity contribution >= 4 is 17.1 Å². The smallest absolute Gasteiger partial charge is 0.251 e. The predicted molar refractivity (Wildman–Crippen MR) is 80.8 cm³/mol. The summed E-state index contributed by atoms with van der Waals surface area (Å²) in [4.78, 5) is 26.3. The Hall–Kier alpha value is -1.68. The van der Waals surface area contributed by atoms with Crippen LogP contribution < -0.4 is 5.56 Å². The molecule has 0 amide bonds. The number of aryl methyl sites for hydroxylation is 2. The van der Waals surface area contributed by atoms with Crippen molar-refractivity contribution in [3.8, 4) is 0 Å². The second-order valence-electron chi connectivity index (χ2n) is 5.13. The molecular formula is C16H17NO2S. The van der Waals surface area contributed by atoms with Crippen LogP contribution in [0.5, 0.6) is 0 Å². The molecule has 2 aromatic rings. The van der Waals surface area contributed by atoms with Gasteiger partial charge in [-0.05, 0) is 43.4 Å². The van der Waals surface area contributed by atoms with E-state index < -0.39 is 0 Å². The molecule has 2 aromatic heterocycles. The van der Waals surface area contributed by atoms with Crippen LogP contribution in [-0.4, -0.2) is 10.4 Å². The molecule has 1 aliphatic carbocycles. The van der Waals surface area contributed by atoms with Crippen LogP contribution in [0.25, 0.3) is 0 Å². The molecule has 0 unspecified atom stereocenters. The minimum absolute atomic E-state index is 0.0390. The molecule has 0 saturated heterocycles. The lowest BCUT2D eigenvalue weighted by Gasteiger charge is -2.10. The number of thiophene rings is 1. The second-order valence-corrected chi connectivity index (χ2v) is 6.29. The first-order valence-corrected chi connectivity index (χ1v) is 7.84. The summed E-state index contributed by atoms with van der Waals surface area (Å²) in [5.41, 5.74) is 2.21. The van der Waals surface area contributed by atoms with Crippen LogP contribution in [0.4, 0.5) is 0 Å². The van der Waals surface area contributed by atoms with Crippen LogP contribution in [0.3, 0.4) is 0 Å². The molecule has 0 aliphatic heterocycles. The standard InChI is InChI=1S/C16H17NO2S/c1-2-12-7-8-15(20-12)14(18)10-17-13-5-3-4-11(13)6-9-16(17)19/h6-9H,2-5,10H2,1H3. The van der Waals surface area contributed by atoms with Crippen molar-refractivity contribution in [2.45, 2.75) is 39.2 Å². The van der Waals surface area contributed by atoms with Crippen molar-refractivity contribution in [2.24, 2.45) is 0 Å². The summed E-state index contributed by atoms with van der Waals surface area (Å²) in [6.07, 6.45) is 3.94. The highest BCUT2D eigenvalue weighted by Gasteiger charge is 2.18. The highest BCUT2D eigenvalue weighted by Crippen LogP contribution is 2.21. The molecule has 0 N–H and O–H groups in total. The topological polar surface area (TPSA) is 39.1 Å².